The fraction of sp³-hybridized carbons (Fsp3) is 0.353. The summed E-state index contributed by atoms with van der Waals surface area (Å²) in [6, 6.07) is 10.4. The zero-order chi connectivity index (χ0) is 14.4. The van der Waals surface area contributed by atoms with Crippen molar-refractivity contribution in [1.29, 1.82) is 0 Å². The van der Waals surface area contributed by atoms with Crippen LogP contribution in [0.15, 0.2) is 36.5 Å². The van der Waals surface area contributed by atoms with Crippen molar-refractivity contribution in [2.24, 2.45) is 0 Å². The maximum atomic E-state index is 11.0. The van der Waals surface area contributed by atoms with E-state index in [2.05, 4.69) is 41.2 Å². The lowest BCUT2D eigenvalue weighted by molar-refractivity contribution is -0.117. The average molecular weight is 268 g/mol. The summed E-state index contributed by atoms with van der Waals surface area (Å²) in [5.41, 5.74) is 3.36. The molecule has 3 nitrogen and oxygen atoms in total. The third kappa shape index (κ3) is 3.98. The maximum Gasteiger partial charge on any atom is 0.130 e. The van der Waals surface area contributed by atoms with E-state index in [0.29, 0.717) is 12.8 Å². The molecule has 0 amide bonds. The largest absolute Gasteiger partial charge is 0.300 e. The van der Waals surface area contributed by atoms with Crippen molar-refractivity contribution in [2.45, 2.75) is 39.5 Å². The standard InChI is InChI=1S/C17H20N2O/c1-3-4-14-6-8-15(9-7-14)16-11-12-18-17(19-16)10-5-13(2)20/h6-9,11-12H,3-5,10H2,1-2H3. The van der Waals surface area contributed by atoms with Crippen LogP contribution in [0.2, 0.25) is 0 Å². The van der Waals surface area contributed by atoms with Crippen LogP contribution in [0.4, 0.5) is 0 Å². The van der Waals surface area contributed by atoms with Gasteiger partial charge in [0.05, 0.1) is 5.69 Å². The fourth-order valence-corrected chi connectivity index (χ4v) is 2.10. The van der Waals surface area contributed by atoms with Gasteiger partial charge in [0.2, 0.25) is 0 Å². The first-order valence-corrected chi connectivity index (χ1v) is 7.09. The Kier molecular flexibility index (Phi) is 4.99. The molecule has 0 aliphatic carbocycles. The Balaban J connectivity index is 2.15. The monoisotopic (exact) mass is 268 g/mol. The molecule has 0 bridgehead atoms. The molecule has 2 aromatic rings. The first-order valence-electron chi connectivity index (χ1n) is 7.09. The molecule has 1 aromatic heterocycles. The molecule has 1 aromatic carbocycles. The molecule has 0 radical (unpaired) electrons. The van der Waals surface area contributed by atoms with Gasteiger partial charge in [0.1, 0.15) is 11.6 Å². The van der Waals surface area contributed by atoms with E-state index >= 15 is 0 Å². The minimum atomic E-state index is 0.169. The Hall–Kier alpha value is -2.03. The van der Waals surface area contributed by atoms with Gasteiger partial charge >= 0.3 is 0 Å². The van der Waals surface area contributed by atoms with E-state index in [1.165, 1.54) is 5.56 Å². The van der Waals surface area contributed by atoms with Gasteiger partial charge in [-0.05, 0) is 25.0 Å². The van der Waals surface area contributed by atoms with Crippen LogP contribution < -0.4 is 0 Å². The number of benzene rings is 1. The van der Waals surface area contributed by atoms with Crippen LogP contribution in [0.3, 0.4) is 0 Å². The lowest BCUT2D eigenvalue weighted by Crippen LogP contribution is -2.00. The first-order chi connectivity index (χ1) is 9.69. The Bertz CT molecular complexity index is 576. The smallest absolute Gasteiger partial charge is 0.130 e. The van der Waals surface area contributed by atoms with Crippen molar-refractivity contribution in [2.75, 3.05) is 0 Å². The minimum absolute atomic E-state index is 0.169. The topological polar surface area (TPSA) is 42.9 Å². The van der Waals surface area contributed by atoms with Crippen molar-refractivity contribution in [3.8, 4) is 11.3 Å². The van der Waals surface area contributed by atoms with E-state index in [9.17, 15) is 4.79 Å². The van der Waals surface area contributed by atoms with Gasteiger partial charge in [-0.25, -0.2) is 9.97 Å². The average Bonchev–Trinajstić information content (AvgIpc) is 2.47. The number of carbonyl (C=O) groups is 1. The zero-order valence-corrected chi connectivity index (χ0v) is 12.1. The molecule has 0 saturated heterocycles. The van der Waals surface area contributed by atoms with Gasteiger partial charge < -0.3 is 4.79 Å². The number of aromatic nitrogens is 2. The summed E-state index contributed by atoms with van der Waals surface area (Å²) in [6.45, 7) is 3.77. The van der Waals surface area contributed by atoms with Crippen molar-refractivity contribution in [3.63, 3.8) is 0 Å². The molecule has 20 heavy (non-hydrogen) atoms. The van der Waals surface area contributed by atoms with Crippen molar-refractivity contribution in [1.82, 2.24) is 9.97 Å². The number of hydrogen-bond acceptors (Lipinski definition) is 3. The highest BCUT2D eigenvalue weighted by Crippen LogP contribution is 2.18. The second-order valence-electron chi connectivity index (χ2n) is 5.01. The predicted octanol–water partition coefficient (Wildman–Crippen LogP) is 3.62. The summed E-state index contributed by atoms with van der Waals surface area (Å²) in [4.78, 5) is 19.8. The molecule has 0 N–H and O–H groups in total. The summed E-state index contributed by atoms with van der Waals surface area (Å²) in [5, 5.41) is 0. The molecular formula is C17H20N2O. The van der Waals surface area contributed by atoms with Gasteiger partial charge in [-0.2, -0.15) is 0 Å². The molecule has 0 spiro atoms. The number of ketones is 1. The quantitative estimate of drug-likeness (QED) is 0.803. The summed E-state index contributed by atoms with van der Waals surface area (Å²) in [5.74, 6) is 0.901. The van der Waals surface area contributed by atoms with Crippen molar-refractivity contribution in [3.05, 3.63) is 47.9 Å². The third-order valence-electron chi connectivity index (χ3n) is 3.19. The Morgan fingerprint density at radius 2 is 1.85 bits per heavy atom. The molecule has 2 rings (SSSR count). The van der Waals surface area contributed by atoms with E-state index < -0.39 is 0 Å². The van der Waals surface area contributed by atoms with E-state index in [1.54, 1.807) is 13.1 Å². The fourth-order valence-electron chi connectivity index (χ4n) is 2.10. The van der Waals surface area contributed by atoms with Gasteiger partial charge in [-0.3, -0.25) is 0 Å². The molecule has 0 aliphatic rings. The summed E-state index contributed by atoms with van der Waals surface area (Å²) in [7, 11) is 0. The zero-order valence-electron chi connectivity index (χ0n) is 12.1. The molecule has 0 unspecified atom stereocenters. The molecule has 0 atom stereocenters. The first kappa shape index (κ1) is 14.4. The molecule has 0 fully saturated rings. The van der Waals surface area contributed by atoms with E-state index in [1.807, 2.05) is 6.07 Å². The molecule has 0 aliphatic heterocycles. The van der Waals surface area contributed by atoms with Gasteiger partial charge in [0.25, 0.3) is 0 Å². The van der Waals surface area contributed by atoms with Crippen molar-refractivity contribution < 1.29 is 4.79 Å². The maximum absolute atomic E-state index is 11.0. The molecule has 104 valence electrons. The van der Waals surface area contributed by atoms with E-state index in [4.69, 9.17) is 0 Å². The van der Waals surface area contributed by atoms with Crippen molar-refractivity contribution >= 4 is 5.78 Å². The summed E-state index contributed by atoms with van der Waals surface area (Å²) in [6.07, 6.45) is 5.13. The van der Waals surface area contributed by atoms with Crippen LogP contribution in [0, 0.1) is 0 Å². The van der Waals surface area contributed by atoms with E-state index in [0.717, 1.165) is 29.9 Å². The number of hydrogen-bond donors (Lipinski definition) is 0. The Labute approximate surface area is 120 Å². The summed E-state index contributed by atoms with van der Waals surface area (Å²) >= 11 is 0. The second kappa shape index (κ2) is 6.94. The number of Topliss-reactive ketones (excluding diaryl/α,β-unsaturated/α-hetero) is 1. The number of rotatable bonds is 6. The van der Waals surface area contributed by atoms with Crippen LogP contribution in [-0.4, -0.2) is 15.8 Å². The second-order valence-corrected chi connectivity index (χ2v) is 5.01. The van der Waals surface area contributed by atoms with Gasteiger partial charge in [-0.15, -0.1) is 0 Å². The summed E-state index contributed by atoms with van der Waals surface area (Å²) < 4.78 is 0. The normalized spacial score (nSPS) is 10.5. The highest BCUT2D eigenvalue weighted by molar-refractivity contribution is 5.75. The number of aryl methyl sites for hydroxylation is 2. The minimum Gasteiger partial charge on any atom is -0.300 e. The van der Waals surface area contributed by atoms with Gasteiger partial charge in [0, 0.05) is 24.6 Å². The van der Waals surface area contributed by atoms with Crippen LogP contribution in [0.25, 0.3) is 11.3 Å². The number of nitrogens with zero attached hydrogens (tertiary/aromatic N) is 2. The van der Waals surface area contributed by atoms with Crippen LogP contribution in [0.5, 0.6) is 0 Å². The molecule has 0 saturated carbocycles. The molecule has 3 heteroatoms. The van der Waals surface area contributed by atoms with E-state index in [-0.39, 0.29) is 5.78 Å². The third-order valence-corrected chi connectivity index (χ3v) is 3.19. The van der Waals surface area contributed by atoms with Crippen LogP contribution in [0.1, 0.15) is 38.1 Å². The molecular weight excluding hydrogens is 248 g/mol. The highest BCUT2D eigenvalue weighted by atomic mass is 16.1. The van der Waals surface area contributed by atoms with Gasteiger partial charge in [0.15, 0.2) is 0 Å². The Morgan fingerprint density at radius 3 is 2.50 bits per heavy atom. The SMILES string of the molecule is CCCc1ccc(-c2ccnc(CCC(C)=O)n2)cc1. The predicted molar refractivity (Wildman–Crippen MR) is 80.5 cm³/mol. The lowest BCUT2D eigenvalue weighted by Gasteiger charge is -2.05. The van der Waals surface area contributed by atoms with Crippen LogP contribution >= 0.6 is 0 Å². The van der Waals surface area contributed by atoms with Crippen LogP contribution in [-0.2, 0) is 17.6 Å². The highest BCUT2D eigenvalue weighted by Gasteiger charge is 2.04. The lowest BCUT2D eigenvalue weighted by atomic mass is 10.1. The Morgan fingerprint density at radius 1 is 1.10 bits per heavy atom. The number of carbonyl (C=O) groups excluding carboxylic acids is 1. The molecule has 1 heterocycles. The van der Waals surface area contributed by atoms with Gasteiger partial charge in [-0.1, -0.05) is 37.6 Å².